The summed E-state index contributed by atoms with van der Waals surface area (Å²) in [4.78, 5) is 10.9. The zero-order valence-electron chi connectivity index (χ0n) is 15.9. The minimum atomic E-state index is -0.512. The number of methoxy groups -OCH3 is 1. The van der Waals surface area contributed by atoms with Crippen molar-refractivity contribution in [2.75, 3.05) is 13.7 Å². The molecule has 5 nitrogen and oxygen atoms in total. The molecular formula is C18H30ClIN2O3. The summed E-state index contributed by atoms with van der Waals surface area (Å²) in [6.07, 6.45) is 1.06. The van der Waals surface area contributed by atoms with Gasteiger partial charge in [-0.05, 0) is 66.0 Å². The first-order chi connectivity index (χ1) is 10.9. The average molecular weight is 485 g/mol. The van der Waals surface area contributed by atoms with E-state index in [1.54, 1.807) is 7.11 Å². The predicted molar refractivity (Wildman–Crippen MR) is 113 cm³/mol. The molecule has 1 aromatic carbocycles. The van der Waals surface area contributed by atoms with Gasteiger partial charge in [0.1, 0.15) is 0 Å². The van der Waals surface area contributed by atoms with E-state index < -0.39 is 5.91 Å². The van der Waals surface area contributed by atoms with Crippen LogP contribution in [-0.4, -0.2) is 25.2 Å². The lowest BCUT2D eigenvalue weighted by atomic mass is 9.82. The molecule has 0 radical (unpaired) electrons. The van der Waals surface area contributed by atoms with E-state index in [2.05, 4.69) is 62.5 Å². The number of halogens is 2. The monoisotopic (exact) mass is 484 g/mol. The topological polar surface area (TPSA) is 73.6 Å². The normalized spacial score (nSPS) is 11.6. The third-order valence-corrected chi connectivity index (χ3v) is 4.19. The highest BCUT2D eigenvalue weighted by Gasteiger charge is 2.25. The molecule has 1 amide bonds. The van der Waals surface area contributed by atoms with Crippen LogP contribution in [0.1, 0.15) is 46.6 Å². The van der Waals surface area contributed by atoms with E-state index in [1.165, 1.54) is 0 Å². The molecule has 0 unspecified atom stereocenters. The summed E-state index contributed by atoms with van der Waals surface area (Å²) in [6.45, 7) is 11.7. The number of rotatable bonds is 8. The van der Waals surface area contributed by atoms with Crippen LogP contribution in [0.2, 0.25) is 0 Å². The van der Waals surface area contributed by atoms with Crippen molar-refractivity contribution in [3.63, 3.8) is 0 Å². The Balaban J connectivity index is 0.00000576. The largest absolute Gasteiger partial charge is 0.493 e. The first kappa shape index (κ1) is 24.3. The SMILES string of the molecule is COc1cc(CNC(C)(C)CC(C)(C)C)cc(I)c1OCC(N)=O.Cl. The number of carbonyl (C=O) groups excluding carboxylic acids is 1. The van der Waals surface area contributed by atoms with Crippen LogP contribution in [0.5, 0.6) is 11.5 Å². The first-order valence-electron chi connectivity index (χ1n) is 7.96. The summed E-state index contributed by atoms with van der Waals surface area (Å²) < 4.78 is 11.7. The van der Waals surface area contributed by atoms with Gasteiger partial charge in [0.2, 0.25) is 0 Å². The number of hydrogen-bond acceptors (Lipinski definition) is 4. The minimum absolute atomic E-state index is 0. The summed E-state index contributed by atoms with van der Waals surface area (Å²) >= 11 is 2.18. The number of benzene rings is 1. The lowest BCUT2D eigenvalue weighted by Crippen LogP contribution is -2.41. The van der Waals surface area contributed by atoms with Crippen molar-refractivity contribution < 1.29 is 14.3 Å². The molecule has 0 fully saturated rings. The van der Waals surface area contributed by atoms with Gasteiger partial charge in [-0.15, -0.1) is 12.4 Å². The first-order valence-corrected chi connectivity index (χ1v) is 9.04. The molecule has 25 heavy (non-hydrogen) atoms. The molecule has 0 aliphatic carbocycles. The van der Waals surface area contributed by atoms with E-state index in [9.17, 15) is 4.79 Å². The van der Waals surface area contributed by atoms with E-state index in [0.29, 0.717) is 11.5 Å². The van der Waals surface area contributed by atoms with Crippen molar-refractivity contribution in [1.29, 1.82) is 0 Å². The number of carbonyl (C=O) groups is 1. The number of nitrogens with one attached hydrogen (secondary N) is 1. The fourth-order valence-corrected chi connectivity index (χ4v) is 3.71. The molecule has 144 valence electrons. The number of ether oxygens (including phenoxy) is 2. The minimum Gasteiger partial charge on any atom is -0.493 e. The molecule has 1 aromatic rings. The van der Waals surface area contributed by atoms with Crippen LogP contribution in [0.15, 0.2) is 12.1 Å². The Morgan fingerprint density at radius 2 is 1.84 bits per heavy atom. The van der Waals surface area contributed by atoms with Gasteiger partial charge in [0.25, 0.3) is 5.91 Å². The molecule has 3 N–H and O–H groups in total. The number of amides is 1. The van der Waals surface area contributed by atoms with E-state index in [0.717, 1.165) is 22.1 Å². The van der Waals surface area contributed by atoms with Crippen LogP contribution < -0.4 is 20.5 Å². The van der Waals surface area contributed by atoms with Crippen molar-refractivity contribution in [2.45, 2.75) is 53.1 Å². The van der Waals surface area contributed by atoms with Crippen LogP contribution in [0.4, 0.5) is 0 Å². The molecule has 0 aliphatic heterocycles. The van der Waals surface area contributed by atoms with Gasteiger partial charge in [0.15, 0.2) is 18.1 Å². The number of primary amides is 1. The lowest BCUT2D eigenvalue weighted by Gasteiger charge is -2.33. The number of hydrogen-bond donors (Lipinski definition) is 2. The molecule has 0 saturated heterocycles. The van der Waals surface area contributed by atoms with Crippen molar-refractivity contribution in [3.05, 3.63) is 21.3 Å². The molecular weight excluding hydrogens is 455 g/mol. The van der Waals surface area contributed by atoms with Crippen molar-refractivity contribution >= 4 is 40.9 Å². The second-order valence-electron chi connectivity index (χ2n) is 7.84. The van der Waals surface area contributed by atoms with Crippen LogP contribution in [0.3, 0.4) is 0 Å². The van der Waals surface area contributed by atoms with Gasteiger partial charge < -0.3 is 20.5 Å². The maximum absolute atomic E-state index is 10.9. The van der Waals surface area contributed by atoms with Gasteiger partial charge in [0, 0.05) is 12.1 Å². The molecule has 0 spiro atoms. The fourth-order valence-electron chi connectivity index (χ4n) is 2.89. The quantitative estimate of drug-likeness (QED) is 0.549. The van der Waals surface area contributed by atoms with Crippen LogP contribution in [-0.2, 0) is 11.3 Å². The summed E-state index contributed by atoms with van der Waals surface area (Å²) in [5, 5.41) is 3.61. The van der Waals surface area contributed by atoms with E-state index in [-0.39, 0.29) is 30.0 Å². The average Bonchev–Trinajstić information content (AvgIpc) is 2.40. The highest BCUT2D eigenvalue weighted by molar-refractivity contribution is 14.1. The maximum Gasteiger partial charge on any atom is 0.255 e. The smallest absolute Gasteiger partial charge is 0.255 e. The molecule has 0 heterocycles. The summed E-state index contributed by atoms with van der Waals surface area (Å²) in [5.41, 5.74) is 6.53. The third-order valence-electron chi connectivity index (χ3n) is 3.39. The highest BCUT2D eigenvalue weighted by atomic mass is 127. The van der Waals surface area contributed by atoms with Crippen molar-refractivity contribution in [1.82, 2.24) is 5.32 Å². The summed E-state index contributed by atoms with van der Waals surface area (Å²) in [6, 6.07) is 3.96. The van der Waals surface area contributed by atoms with Crippen LogP contribution in [0.25, 0.3) is 0 Å². The van der Waals surface area contributed by atoms with Crippen LogP contribution in [0, 0.1) is 8.99 Å². The lowest BCUT2D eigenvalue weighted by molar-refractivity contribution is -0.119. The Bertz CT molecular complexity index is 586. The van der Waals surface area contributed by atoms with Gasteiger partial charge in [0.05, 0.1) is 10.7 Å². The van der Waals surface area contributed by atoms with Gasteiger partial charge >= 0.3 is 0 Å². The number of nitrogens with two attached hydrogens (primary N) is 1. The molecule has 0 aliphatic rings. The molecule has 7 heteroatoms. The Labute approximate surface area is 171 Å². The molecule has 0 bridgehead atoms. The second kappa shape index (κ2) is 9.83. The van der Waals surface area contributed by atoms with Gasteiger partial charge in [-0.3, -0.25) is 4.79 Å². The van der Waals surface area contributed by atoms with Crippen molar-refractivity contribution in [2.24, 2.45) is 11.1 Å². The fraction of sp³-hybridized carbons (Fsp3) is 0.611. The molecule has 1 rings (SSSR count). The molecule has 0 saturated carbocycles. The standard InChI is InChI=1S/C18H29IN2O3.ClH/c1-17(2,3)11-18(4,5)21-9-12-7-13(19)16(14(8-12)23-6)24-10-15(20)22;/h7-8,21H,9-11H2,1-6H3,(H2,20,22);1H. The highest BCUT2D eigenvalue weighted by Crippen LogP contribution is 2.34. The zero-order chi connectivity index (χ0) is 18.5. The predicted octanol–water partition coefficient (Wildman–Crippen LogP) is 3.89. The zero-order valence-corrected chi connectivity index (χ0v) is 18.8. The third kappa shape index (κ3) is 8.96. The Morgan fingerprint density at radius 1 is 1.24 bits per heavy atom. The van der Waals surface area contributed by atoms with Gasteiger partial charge in [-0.25, -0.2) is 0 Å². The van der Waals surface area contributed by atoms with E-state index in [1.807, 2.05) is 12.1 Å². The van der Waals surface area contributed by atoms with E-state index >= 15 is 0 Å². The second-order valence-corrected chi connectivity index (χ2v) is 9.00. The Morgan fingerprint density at radius 3 is 2.32 bits per heavy atom. The molecule has 0 aromatic heterocycles. The van der Waals surface area contributed by atoms with Gasteiger partial charge in [-0.1, -0.05) is 20.8 Å². The summed E-state index contributed by atoms with van der Waals surface area (Å²) in [5.74, 6) is 0.644. The van der Waals surface area contributed by atoms with Gasteiger partial charge in [-0.2, -0.15) is 0 Å². The summed E-state index contributed by atoms with van der Waals surface area (Å²) in [7, 11) is 1.59. The molecule has 0 atom stereocenters. The van der Waals surface area contributed by atoms with E-state index in [4.69, 9.17) is 15.2 Å². The Hall–Kier alpha value is -0.730. The van der Waals surface area contributed by atoms with Crippen molar-refractivity contribution in [3.8, 4) is 11.5 Å². The Kier molecular flexibility index (Phi) is 9.54. The maximum atomic E-state index is 10.9. The van der Waals surface area contributed by atoms with Crippen LogP contribution >= 0.6 is 35.0 Å².